The minimum atomic E-state index is -1.10. The largest absolute Gasteiger partial charge is 1.00 e. The van der Waals surface area contributed by atoms with Crippen LogP contribution in [0.2, 0.25) is 0 Å². The Morgan fingerprint density at radius 2 is 1.50 bits per heavy atom. The van der Waals surface area contributed by atoms with Crippen molar-refractivity contribution in [3.63, 3.8) is 0 Å². The molecular weight excluding hydrogens is 297 g/mol. The third-order valence-electron chi connectivity index (χ3n) is 2.98. The Morgan fingerprint density at radius 1 is 0.958 bits per heavy atom. The van der Waals surface area contributed by atoms with Crippen molar-refractivity contribution in [1.82, 2.24) is 0 Å². The van der Waals surface area contributed by atoms with Gasteiger partial charge in [0.05, 0.1) is 0 Å². The number of hydrogen-bond donors (Lipinski definition) is 1. The molecule has 24 heavy (non-hydrogen) atoms. The Hall–Kier alpha value is -1.60. The molecule has 124 valence electrons. The van der Waals surface area contributed by atoms with Crippen LogP contribution in [0.4, 0.5) is 0 Å². The predicted octanol–water partition coefficient (Wildman–Crippen LogP) is 1.68. The molecule has 0 fully saturated rings. The van der Waals surface area contributed by atoms with Crippen LogP contribution in [0, 0.1) is 0 Å². The molecule has 0 aromatic heterocycles. The second kappa shape index (κ2) is 11.0. The summed E-state index contributed by atoms with van der Waals surface area (Å²) in [5, 5.41) is 14.8. The van der Waals surface area contributed by atoms with E-state index in [1.165, 1.54) is 0 Å². The predicted molar refractivity (Wildman–Crippen MR) is 94.2 cm³/mol. The normalized spacial score (nSPS) is 10.1. The van der Waals surface area contributed by atoms with Crippen LogP contribution >= 0.6 is 0 Å². The third kappa shape index (κ3) is 8.31. The average Bonchev–Trinajstić information content (AvgIpc) is 2.45. The van der Waals surface area contributed by atoms with E-state index in [1.54, 1.807) is 12.1 Å². The number of ketones is 1. The second-order valence-corrected chi connectivity index (χ2v) is 5.89. The molecule has 0 heterocycles. The van der Waals surface area contributed by atoms with Crippen molar-refractivity contribution in [3.05, 3.63) is 53.3 Å². The zero-order chi connectivity index (χ0) is 17.4. The third-order valence-corrected chi connectivity index (χ3v) is 2.98. The molecule has 0 atom stereocenters. The molecule has 0 spiro atoms. The van der Waals surface area contributed by atoms with Crippen molar-refractivity contribution < 1.29 is 33.6 Å². The summed E-state index contributed by atoms with van der Waals surface area (Å²) in [6.07, 6.45) is -0.460. The zero-order valence-electron chi connectivity index (χ0n) is 15.1. The molecule has 0 aliphatic carbocycles. The van der Waals surface area contributed by atoms with Crippen LogP contribution in [0.3, 0.4) is 0 Å². The number of carbonyl (C=O) groups excluding carboxylic acids is 1. The summed E-state index contributed by atoms with van der Waals surface area (Å²) in [5.41, 5.74) is 0.445. The first-order valence-electron chi connectivity index (χ1n) is 7.73. The molecule has 4 nitrogen and oxygen atoms in total. The van der Waals surface area contributed by atoms with E-state index < -0.39 is 12.4 Å². The van der Waals surface area contributed by atoms with Gasteiger partial charge in [0, 0.05) is 5.56 Å². The molecule has 1 N–H and O–H groups in total. The molecule has 2 rings (SSSR count). The van der Waals surface area contributed by atoms with Crippen molar-refractivity contribution in [2.45, 2.75) is 46.2 Å². The van der Waals surface area contributed by atoms with Crippen LogP contribution in [0.25, 0.3) is 16.1 Å². The molecule has 2 aromatic carbocycles. The van der Waals surface area contributed by atoms with Crippen LogP contribution < -0.4 is 18.9 Å². The van der Waals surface area contributed by atoms with Crippen LogP contribution in [0.15, 0.2) is 42.5 Å². The van der Waals surface area contributed by atoms with Crippen LogP contribution in [0.1, 0.15) is 44.5 Å². The number of Topliss-reactive ketones (excluding diaryl/α,β-unsaturated/α-hetero) is 1. The summed E-state index contributed by atoms with van der Waals surface area (Å²) < 4.78 is 0. The van der Waals surface area contributed by atoms with Crippen molar-refractivity contribution >= 4 is 22.5 Å². The number of rotatable bonds is 5. The van der Waals surface area contributed by atoms with Crippen molar-refractivity contribution in [3.8, 4) is 0 Å². The Kier molecular flexibility index (Phi) is 10.3. The van der Waals surface area contributed by atoms with Gasteiger partial charge in [-0.1, -0.05) is 64.1 Å². The van der Waals surface area contributed by atoms with Gasteiger partial charge in [-0.05, 0) is 16.8 Å². The summed E-state index contributed by atoms with van der Waals surface area (Å²) in [5.74, 6) is -1.46. The number of benzene rings is 2. The molecule has 0 saturated carbocycles. The summed E-state index contributed by atoms with van der Waals surface area (Å²) in [7, 11) is 0. The molecule has 0 radical (unpaired) electrons. The molecule has 0 bridgehead atoms. The Labute approximate surface area is 155 Å². The molecule has 5 heteroatoms. The van der Waals surface area contributed by atoms with E-state index in [-0.39, 0.29) is 24.6 Å². The van der Waals surface area contributed by atoms with E-state index >= 15 is 0 Å². The topological polar surface area (TPSA) is 68.5 Å². The van der Waals surface area contributed by atoms with Crippen molar-refractivity contribution in [1.29, 1.82) is 0 Å². The summed E-state index contributed by atoms with van der Waals surface area (Å²) in [6.45, 7) is 8.39. The second-order valence-electron chi connectivity index (χ2n) is 5.89. The molecule has 0 aliphatic rings. The van der Waals surface area contributed by atoms with E-state index in [2.05, 4.69) is 33.0 Å². The monoisotopic (exact) mass is 321 g/mol. The SMILES string of the molecule is CC(C)[N-]C(C)C.O=C(O)CC(=O)c1ccc2ccccc2c1.[Li+]. The first-order valence-corrected chi connectivity index (χ1v) is 7.73. The fourth-order valence-electron chi connectivity index (χ4n) is 2.20. The fourth-order valence-corrected chi connectivity index (χ4v) is 2.20. The molecule has 0 saturated heterocycles. The van der Waals surface area contributed by atoms with Gasteiger partial charge in [-0.15, -0.1) is 12.1 Å². The van der Waals surface area contributed by atoms with Crippen molar-refractivity contribution in [2.75, 3.05) is 0 Å². The minimum Gasteiger partial charge on any atom is -0.658 e. The van der Waals surface area contributed by atoms with E-state index in [9.17, 15) is 9.59 Å². The van der Waals surface area contributed by atoms with Crippen LogP contribution in [0.5, 0.6) is 0 Å². The molecule has 0 unspecified atom stereocenters. The Morgan fingerprint density at radius 3 is 1.96 bits per heavy atom. The fraction of sp³-hybridized carbons (Fsp3) is 0.368. The van der Waals surface area contributed by atoms with Gasteiger partial charge in [-0.3, -0.25) is 9.59 Å². The standard InChI is InChI=1S/C13H10O3.C6H14N.Li/c14-12(8-13(15)16)11-6-5-9-3-1-2-4-10(9)7-11;1-5(2)7-6(3)4;/h1-7H,8H2,(H,15,16);5-6H,1-4H3;/q;-1;+1. The van der Waals surface area contributed by atoms with Gasteiger partial charge in [0.25, 0.3) is 0 Å². The quantitative estimate of drug-likeness (QED) is 0.517. The van der Waals surface area contributed by atoms with Gasteiger partial charge in [-0.25, -0.2) is 0 Å². The number of nitrogens with zero attached hydrogens (tertiary/aromatic N) is 1. The number of hydrogen-bond acceptors (Lipinski definition) is 2. The maximum Gasteiger partial charge on any atom is 1.00 e. The van der Waals surface area contributed by atoms with E-state index in [1.807, 2.05) is 30.3 Å². The smallest absolute Gasteiger partial charge is 0.658 e. The first kappa shape index (κ1) is 22.4. The van der Waals surface area contributed by atoms with E-state index in [0.717, 1.165) is 10.8 Å². The number of fused-ring (bicyclic) bond motifs is 1. The van der Waals surface area contributed by atoms with Gasteiger partial charge >= 0.3 is 24.8 Å². The number of carbonyl (C=O) groups is 2. The average molecular weight is 321 g/mol. The van der Waals surface area contributed by atoms with E-state index in [0.29, 0.717) is 17.6 Å². The Bertz CT molecular complexity index is 662. The first-order chi connectivity index (χ1) is 10.8. The van der Waals surface area contributed by atoms with E-state index in [4.69, 9.17) is 5.11 Å². The van der Waals surface area contributed by atoms with Gasteiger partial charge in [0.15, 0.2) is 5.78 Å². The van der Waals surface area contributed by atoms with Gasteiger partial charge in [-0.2, -0.15) is 0 Å². The molecule has 0 amide bonds. The number of carboxylic acid groups (broad SMARTS) is 1. The maximum atomic E-state index is 11.5. The van der Waals surface area contributed by atoms with Crippen molar-refractivity contribution in [2.24, 2.45) is 0 Å². The Balaban J connectivity index is 0.000000570. The summed E-state index contributed by atoms with van der Waals surface area (Å²) >= 11 is 0. The molecule has 0 aliphatic heterocycles. The molecule has 2 aromatic rings. The summed E-state index contributed by atoms with van der Waals surface area (Å²) in [6, 6.07) is 13.8. The van der Waals surface area contributed by atoms with Gasteiger partial charge < -0.3 is 10.4 Å². The van der Waals surface area contributed by atoms with Crippen LogP contribution in [-0.4, -0.2) is 28.9 Å². The van der Waals surface area contributed by atoms with Crippen LogP contribution in [-0.2, 0) is 4.79 Å². The summed E-state index contributed by atoms with van der Waals surface area (Å²) in [4.78, 5) is 21.9. The minimum absolute atomic E-state index is 0. The molecular formula is C19H24LiNO3. The number of carboxylic acids is 1. The van der Waals surface area contributed by atoms with Gasteiger partial charge in [0.1, 0.15) is 6.42 Å². The van der Waals surface area contributed by atoms with Gasteiger partial charge in [0.2, 0.25) is 0 Å². The zero-order valence-corrected chi connectivity index (χ0v) is 15.1. The maximum absolute atomic E-state index is 11.5. The number of aliphatic carboxylic acids is 1.